The standard InChI is InChI=1S/C29H42F2/c1-3-5-7-9-27-28(30)19-25-18-24(14-15-26(25)29(27)31)23-13-12-21-16-20(8-6-4-2)10-11-22(21)17-23/h3,5,19-24H,4,6-18H2,1-2H3/b5-3+. The summed E-state index contributed by atoms with van der Waals surface area (Å²) in [6.07, 6.45) is 20.5. The van der Waals surface area contributed by atoms with Gasteiger partial charge in [-0.1, -0.05) is 44.8 Å². The first kappa shape index (κ1) is 23.0. The lowest BCUT2D eigenvalue weighted by molar-refractivity contribution is 0.0689. The first-order chi connectivity index (χ1) is 15.1. The van der Waals surface area contributed by atoms with Crippen LogP contribution in [0.2, 0.25) is 0 Å². The molecule has 0 bridgehead atoms. The molecule has 0 heterocycles. The smallest absolute Gasteiger partial charge is 0.132 e. The summed E-state index contributed by atoms with van der Waals surface area (Å²) >= 11 is 0. The second-order valence-corrected chi connectivity index (χ2v) is 10.8. The van der Waals surface area contributed by atoms with Crippen LogP contribution >= 0.6 is 0 Å². The lowest BCUT2D eigenvalue weighted by Crippen LogP contribution is -2.35. The molecule has 5 unspecified atom stereocenters. The summed E-state index contributed by atoms with van der Waals surface area (Å²) in [6.45, 7) is 4.26. The van der Waals surface area contributed by atoms with Gasteiger partial charge in [-0.15, -0.1) is 0 Å². The molecule has 0 nitrogen and oxygen atoms in total. The van der Waals surface area contributed by atoms with E-state index in [9.17, 15) is 4.39 Å². The van der Waals surface area contributed by atoms with Crippen LogP contribution in [-0.4, -0.2) is 0 Å². The van der Waals surface area contributed by atoms with Gasteiger partial charge in [0.2, 0.25) is 0 Å². The molecule has 2 heteroatoms. The molecule has 31 heavy (non-hydrogen) atoms. The Morgan fingerprint density at radius 1 is 0.968 bits per heavy atom. The van der Waals surface area contributed by atoms with E-state index in [0.717, 1.165) is 54.1 Å². The predicted octanol–water partition coefficient (Wildman–Crippen LogP) is 8.60. The Balaban J connectivity index is 1.37. The summed E-state index contributed by atoms with van der Waals surface area (Å²) in [6, 6.07) is 1.68. The van der Waals surface area contributed by atoms with Crippen molar-refractivity contribution in [1.82, 2.24) is 0 Å². The third-order valence-corrected chi connectivity index (χ3v) is 8.95. The van der Waals surface area contributed by atoms with E-state index in [4.69, 9.17) is 0 Å². The molecule has 0 amide bonds. The maximum atomic E-state index is 15.1. The van der Waals surface area contributed by atoms with Gasteiger partial charge in [0.05, 0.1) is 0 Å². The van der Waals surface area contributed by atoms with Gasteiger partial charge in [-0.2, -0.15) is 0 Å². The van der Waals surface area contributed by atoms with Crippen LogP contribution in [0.5, 0.6) is 0 Å². The number of halogens is 2. The van der Waals surface area contributed by atoms with Gasteiger partial charge in [-0.05, 0) is 118 Å². The summed E-state index contributed by atoms with van der Waals surface area (Å²) in [5.74, 6) is 3.67. The number of benzene rings is 1. The number of unbranched alkanes of at least 4 members (excludes halogenated alkanes) is 1. The van der Waals surface area contributed by atoms with Crippen molar-refractivity contribution in [3.8, 4) is 0 Å². The summed E-state index contributed by atoms with van der Waals surface area (Å²) in [4.78, 5) is 0. The molecule has 0 saturated heterocycles. The zero-order valence-electron chi connectivity index (χ0n) is 19.8. The van der Waals surface area contributed by atoms with Crippen molar-refractivity contribution < 1.29 is 8.78 Å². The fourth-order valence-corrected chi connectivity index (χ4v) is 7.15. The maximum Gasteiger partial charge on any atom is 0.132 e. The molecule has 3 aliphatic carbocycles. The SMILES string of the molecule is C/C=C/CCc1c(F)cc2c(c1F)CCC(C1CCC3CC(CCCC)CCC3C1)C2. The quantitative estimate of drug-likeness (QED) is 0.381. The Morgan fingerprint density at radius 3 is 2.48 bits per heavy atom. The van der Waals surface area contributed by atoms with Gasteiger partial charge in [0.25, 0.3) is 0 Å². The number of hydrogen-bond donors (Lipinski definition) is 0. The van der Waals surface area contributed by atoms with Crippen molar-refractivity contribution in [3.63, 3.8) is 0 Å². The monoisotopic (exact) mass is 428 g/mol. The number of hydrogen-bond acceptors (Lipinski definition) is 0. The molecule has 172 valence electrons. The zero-order valence-corrected chi connectivity index (χ0v) is 19.8. The predicted molar refractivity (Wildman–Crippen MR) is 126 cm³/mol. The Hall–Kier alpha value is -1.18. The second-order valence-electron chi connectivity index (χ2n) is 10.8. The van der Waals surface area contributed by atoms with Gasteiger partial charge in [-0.3, -0.25) is 0 Å². The summed E-state index contributed by atoms with van der Waals surface area (Å²) in [5.41, 5.74) is 2.08. The summed E-state index contributed by atoms with van der Waals surface area (Å²) in [7, 11) is 0. The minimum atomic E-state index is -0.324. The van der Waals surface area contributed by atoms with E-state index in [1.165, 1.54) is 57.8 Å². The van der Waals surface area contributed by atoms with Crippen LogP contribution in [-0.2, 0) is 19.3 Å². The fraction of sp³-hybridized carbons (Fsp3) is 0.724. The van der Waals surface area contributed by atoms with Crippen LogP contribution in [0, 0.1) is 41.2 Å². The van der Waals surface area contributed by atoms with Gasteiger partial charge in [-0.25, -0.2) is 8.78 Å². The molecule has 3 aliphatic rings. The van der Waals surface area contributed by atoms with Gasteiger partial charge in [0.1, 0.15) is 11.6 Å². The van der Waals surface area contributed by atoms with Crippen molar-refractivity contribution in [2.24, 2.45) is 29.6 Å². The van der Waals surface area contributed by atoms with Crippen LogP contribution in [0.3, 0.4) is 0 Å². The van der Waals surface area contributed by atoms with E-state index < -0.39 is 0 Å². The Kier molecular flexibility index (Phi) is 7.88. The Bertz CT molecular complexity index is 764. The minimum Gasteiger partial charge on any atom is -0.207 e. The van der Waals surface area contributed by atoms with Crippen LogP contribution in [0.4, 0.5) is 8.78 Å². The van der Waals surface area contributed by atoms with Gasteiger partial charge in [0, 0.05) is 5.56 Å². The van der Waals surface area contributed by atoms with E-state index in [2.05, 4.69) is 6.92 Å². The van der Waals surface area contributed by atoms with E-state index in [-0.39, 0.29) is 11.6 Å². The normalized spacial score (nSPS) is 30.9. The van der Waals surface area contributed by atoms with Gasteiger partial charge < -0.3 is 0 Å². The van der Waals surface area contributed by atoms with Crippen molar-refractivity contribution in [3.05, 3.63) is 46.5 Å². The van der Waals surface area contributed by atoms with Crippen LogP contribution in [0.1, 0.15) is 101 Å². The zero-order chi connectivity index (χ0) is 21.8. The minimum absolute atomic E-state index is 0.243. The highest BCUT2D eigenvalue weighted by Crippen LogP contribution is 2.49. The lowest BCUT2D eigenvalue weighted by atomic mass is 9.60. The first-order valence-electron chi connectivity index (χ1n) is 13.2. The Morgan fingerprint density at radius 2 is 1.71 bits per heavy atom. The highest BCUT2D eigenvalue weighted by molar-refractivity contribution is 5.37. The average molecular weight is 429 g/mol. The third-order valence-electron chi connectivity index (χ3n) is 8.95. The van der Waals surface area contributed by atoms with Crippen LogP contribution < -0.4 is 0 Å². The lowest BCUT2D eigenvalue weighted by Gasteiger charge is -2.45. The van der Waals surface area contributed by atoms with E-state index >= 15 is 4.39 Å². The van der Waals surface area contributed by atoms with E-state index in [0.29, 0.717) is 24.3 Å². The van der Waals surface area contributed by atoms with E-state index in [1.807, 2.05) is 19.1 Å². The molecule has 5 atom stereocenters. The fourth-order valence-electron chi connectivity index (χ4n) is 7.15. The maximum absolute atomic E-state index is 15.1. The molecule has 0 radical (unpaired) electrons. The molecular formula is C29H42F2. The number of rotatable bonds is 7. The Labute approximate surface area is 188 Å². The molecule has 0 aliphatic heterocycles. The first-order valence-corrected chi connectivity index (χ1v) is 13.2. The molecule has 1 aromatic carbocycles. The molecule has 2 saturated carbocycles. The third kappa shape index (κ3) is 5.25. The molecule has 2 fully saturated rings. The van der Waals surface area contributed by atoms with Crippen LogP contribution in [0.15, 0.2) is 18.2 Å². The second kappa shape index (κ2) is 10.6. The summed E-state index contributed by atoms with van der Waals surface area (Å²) < 4.78 is 29.8. The molecule has 1 aromatic rings. The highest BCUT2D eigenvalue weighted by atomic mass is 19.1. The molecule has 4 rings (SSSR count). The molecule has 0 N–H and O–H groups in total. The highest BCUT2D eigenvalue weighted by Gasteiger charge is 2.39. The number of fused-ring (bicyclic) bond motifs is 2. The van der Waals surface area contributed by atoms with Crippen LogP contribution in [0.25, 0.3) is 0 Å². The van der Waals surface area contributed by atoms with Gasteiger partial charge >= 0.3 is 0 Å². The van der Waals surface area contributed by atoms with Crippen molar-refractivity contribution >= 4 is 0 Å². The molecule has 0 spiro atoms. The molecule has 0 aromatic heterocycles. The average Bonchev–Trinajstić information content (AvgIpc) is 2.79. The summed E-state index contributed by atoms with van der Waals surface area (Å²) in [5, 5.41) is 0. The topological polar surface area (TPSA) is 0 Å². The van der Waals surface area contributed by atoms with Crippen molar-refractivity contribution in [2.75, 3.05) is 0 Å². The van der Waals surface area contributed by atoms with Crippen molar-refractivity contribution in [2.45, 2.75) is 104 Å². The van der Waals surface area contributed by atoms with Crippen molar-refractivity contribution in [1.29, 1.82) is 0 Å². The molecular weight excluding hydrogens is 386 g/mol. The van der Waals surface area contributed by atoms with Gasteiger partial charge in [0.15, 0.2) is 0 Å². The largest absolute Gasteiger partial charge is 0.207 e. The van der Waals surface area contributed by atoms with E-state index in [1.54, 1.807) is 6.07 Å². The number of allylic oxidation sites excluding steroid dienone is 2.